The van der Waals surface area contributed by atoms with Gasteiger partial charge in [0.2, 0.25) is 10.0 Å². The lowest BCUT2D eigenvalue weighted by Gasteiger charge is -2.21. The molecule has 3 aromatic rings. The fraction of sp³-hybridized carbons (Fsp3) is 0.286. The Kier molecular flexibility index (Phi) is 6.51. The zero-order chi connectivity index (χ0) is 22.8. The molecule has 0 amide bonds. The van der Waals surface area contributed by atoms with Gasteiger partial charge in [0.25, 0.3) is 5.56 Å². The van der Waals surface area contributed by atoms with Crippen molar-refractivity contribution in [2.24, 2.45) is 5.92 Å². The summed E-state index contributed by atoms with van der Waals surface area (Å²) in [6.45, 7) is 4.70. The van der Waals surface area contributed by atoms with Gasteiger partial charge in [-0.3, -0.25) is 14.0 Å². The summed E-state index contributed by atoms with van der Waals surface area (Å²) in [5, 5.41) is 0. The van der Waals surface area contributed by atoms with Crippen LogP contribution in [-0.4, -0.2) is 29.8 Å². The number of fused-ring (bicyclic) bond motifs is 1. The molecule has 3 rings (SSSR count). The molecule has 0 aliphatic heterocycles. The lowest BCUT2D eigenvalue weighted by molar-refractivity contribution is -0.148. The summed E-state index contributed by atoms with van der Waals surface area (Å²) < 4.78 is 47.9. The van der Waals surface area contributed by atoms with Crippen LogP contribution in [0.1, 0.15) is 25.2 Å². The predicted molar refractivity (Wildman–Crippen MR) is 111 cm³/mol. The van der Waals surface area contributed by atoms with E-state index in [-0.39, 0.29) is 17.9 Å². The normalized spacial score (nSPS) is 12.8. The van der Waals surface area contributed by atoms with Crippen molar-refractivity contribution >= 4 is 21.6 Å². The van der Waals surface area contributed by atoms with Gasteiger partial charge in [-0.2, -0.15) is 4.72 Å². The van der Waals surface area contributed by atoms with Gasteiger partial charge in [0.15, 0.2) is 0 Å². The van der Waals surface area contributed by atoms with Crippen molar-refractivity contribution in [1.82, 2.24) is 14.1 Å². The first-order valence-electron chi connectivity index (χ1n) is 9.52. The van der Waals surface area contributed by atoms with Crippen LogP contribution in [0.5, 0.6) is 0 Å². The fourth-order valence-corrected chi connectivity index (χ4v) is 4.43. The molecule has 1 aromatic carbocycles. The summed E-state index contributed by atoms with van der Waals surface area (Å²) in [4.78, 5) is 28.7. The second-order valence-corrected chi connectivity index (χ2v) is 9.01. The van der Waals surface area contributed by atoms with Crippen LogP contribution in [0.15, 0.2) is 58.2 Å². The quantitative estimate of drug-likeness (QED) is 0.557. The van der Waals surface area contributed by atoms with Crippen LogP contribution in [0, 0.1) is 18.7 Å². The van der Waals surface area contributed by atoms with Crippen molar-refractivity contribution in [3.63, 3.8) is 0 Å². The molecule has 0 saturated heterocycles. The maximum Gasteiger partial charge on any atom is 0.324 e. The van der Waals surface area contributed by atoms with Gasteiger partial charge in [-0.1, -0.05) is 32.0 Å². The Balaban J connectivity index is 1.78. The topological polar surface area (TPSA) is 107 Å². The highest BCUT2D eigenvalue weighted by Gasteiger charge is 2.31. The molecule has 0 spiro atoms. The van der Waals surface area contributed by atoms with E-state index in [1.54, 1.807) is 39.0 Å². The number of carbonyl (C=O) groups excluding carboxylic acids is 1. The first-order valence-corrected chi connectivity index (χ1v) is 11.0. The fourth-order valence-electron chi connectivity index (χ4n) is 3.02. The number of nitrogens with one attached hydrogen (secondary N) is 1. The molecule has 0 aliphatic rings. The number of sulfonamides is 1. The van der Waals surface area contributed by atoms with Crippen LogP contribution in [-0.2, 0) is 26.2 Å². The number of halogens is 1. The van der Waals surface area contributed by atoms with Gasteiger partial charge in [-0.05, 0) is 37.1 Å². The number of nitrogens with zero attached hydrogens (tertiary/aromatic N) is 2. The van der Waals surface area contributed by atoms with Crippen LogP contribution in [0.25, 0.3) is 5.65 Å². The Labute approximate surface area is 178 Å². The maximum atomic E-state index is 13.9. The van der Waals surface area contributed by atoms with Crippen molar-refractivity contribution < 1.29 is 22.3 Å². The molecule has 0 bridgehead atoms. The second kappa shape index (κ2) is 8.94. The number of aromatic nitrogens is 2. The Bertz CT molecular complexity index is 1290. The molecule has 0 aliphatic carbocycles. The van der Waals surface area contributed by atoms with Gasteiger partial charge < -0.3 is 4.74 Å². The van der Waals surface area contributed by atoms with E-state index in [0.717, 1.165) is 12.1 Å². The van der Waals surface area contributed by atoms with E-state index in [1.165, 1.54) is 22.6 Å². The van der Waals surface area contributed by atoms with Crippen molar-refractivity contribution in [1.29, 1.82) is 0 Å². The Morgan fingerprint density at radius 2 is 1.90 bits per heavy atom. The third-order valence-electron chi connectivity index (χ3n) is 4.62. The van der Waals surface area contributed by atoms with E-state index in [4.69, 9.17) is 4.74 Å². The van der Waals surface area contributed by atoms with Gasteiger partial charge in [0, 0.05) is 11.8 Å². The monoisotopic (exact) mass is 447 g/mol. The lowest BCUT2D eigenvalue weighted by atomic mass is 10.1. The highest BCUT2D eigenvalue weighted by atomic mass is 32.2. The average molecular weight is 447 g/mol. The second-order valence-electron chi connectivity index (χ2n) is 7.33. The minimum Gasteiger partial charge on any atom is -0.458 e. The Morgan fingerprint density at radius 1 is 1.19 bits per heavy atom. The van der Waals surface area contributed by atoms with E-state index < -0.39 is 38.7 Å². The molecule has 1 N–H and O–H groups in total. The molecule has 0 fully saturated rings. The summed E-state index contributed by atoms with van der Waals surface area (Å²) in [7, 11) is -4.30. The molecular weight excluding hydrogens is 425 g/mol. The maximum absolute atomic E-state index is 13.9. The average Bonchev–Trinajstić information content (AvgIpc) is 2.70. The highest BCUT2D eigenvalue weighted by Crippen LogP contribution is 2.16. The summed E-state index contributed by atoms with van der Waals surface area (Å²) in [5.74, 6) is -2.27. The summed E-state index contributed by atoms with van der Waals surface area (Å²) in [5.41, 5.74) is 1.01. The SMILES string of the molecule is Cc1cccc2nc(COC(=O)[C@@H](NS(=O)(=O)c3ccccc3F)C(C)C)cc(=O)n12. The number of ether oxygens (including phenoxy) is 1. The van der Waals surface area contributed by atoms with E-state index >= 15 is 0 Å². The van der Waals surface area contributed by atoms with E-state index in [2.05, 4.69) is 9.71 Å². The highest BCUT2D eigenvalue weighted by molar-refractivity contribution is 7.89. The van der Waals surface area contributed by atoms with Crippen LogP contribution in [0.2, 0.25) is 0 Å². The van der Waals surface area contributed by atoms with Crippen LogP contribution in [0.4, 0.5) is 4.39 Å². The van der Waals surface area contributed by atoms with Gasteiger partial charge in [0.1, 0.15) is 29.0 Å². The number of carbonyl (C=O) groups is 1. The van der Waals surface area contributed by atoms with Gasteiger partial charge in [-0.15, -0.1) is 0 Å². The predicted octanol–water partition coefficient (Wildman–Crippen LogP) is 2.19. The molecule has 8 nitrogen and oxygen atoms in total. The number of rotatable bonds is 7. The number of hydrogen-bond donors (Lipinski definition) is 1. The largest absolute Gasteiger partial charge is 0.458 e. The molecule has 0 saturated carbocycles. The molecule has 0 unspecified atom stereocenters. The van der Waals surface area contributed by atoms with Crippen molar-refractivity contribution in [3.8, 4) is 0 Å². The first kappa shape index (κ1) is 22.6. The summed E-state index contributed by atoms with van der Waals surface area (Å²) in [6.07, 6.45) is 0. The number of benzene rings is 1. The van der Waals surface area contributed by atoms with Gasteiger partial charge >= 0.3 is 5.97 Å². The van der Waals surface area contributed by atoms with Gasteiger partial charge in [0.05, 0.1) is 5.69 Å². The molecule has 2 aromatic heterocycles. The number of aryl methyl sites for hydroxylation is 1. The molecule has 1 atom stereocenters. The minimum absolute atomic E-state index is 0.225. The van der Waals surface area contributed by atoms with Gasteiger partial charge in [-0.25, -0.2) is 17.8 Å². The minimum atomic E-state index is -4.30. The first-order chi connectivity index (χ1) is 14.6. The zero-order valence-electron chi connectivity index (χ0n) is 17.2. The van der Waals surface area contributed by atoms with Crippen molar-refractivity contribution in [2.45, 2.75) is 38.3 Å². The molecule has 10 heteroatoms. The van der Waals surface area contributed by atoms with Crippen molar-refractivity contribution in [3.05, 3.63) is 76.1 Å². The summed E-state index contributed by atoms with van der Waals surface area (Å²) in [6, 6.07) is 10.0. The Morgan fingerprint density at radius 3 is 2.58 bits per heavy atom. The number of pyridine rings is 1. The molecule has 2 heterocycles. The number of hydrogen-bond acceptors (Lipinski definition) is 6. The van der Waals surface area contributed by atoms with Crippen molar-refractivity contribution in [2.75, 3.05) is 0 Å². The lowest BCUT2D eigenvalue weighted by Crippen LogP contribution is -2.45. The zero-order valence-corrected chi connectivity index (χ0v) is 18.0. The molecule has 0 radical (unpaired) electrons. The number of esters is 1. The van der Waals surface area contributed by atoms with Crippen LogP contribution >= 0.6 is 0 Å². The molecule has 164 valence electrons. The summed E-state index contributed by atoms with van der Waals surface area (Å²) >= 11 is 0. The molecule has 31 heavy (non-hydrogen) atoms. The molecular formula is C21H22FN3O5S. The van der Waals surface area contributed by atoms with E-state index in [9.17, 15) is 22.4 Å². The smallest absolute Gasteiger partial charge is 0.324 e. The third kappa shape index (κ3) is 4.97. The van der Waals surface area contributed by atoms with E-state index in [1.807, 2.05) is 0 Å². The Hall–Kier alpha value is -3.11. The van der Waals surface area contributed by atoms with Crippen LogP contribution in [0.3, 0.4) is 0 Å². The standard InChI is InChI=1S/C21H22FN3O5S/c1-13(2)20(24-31(28,29)17-9-5-4-8-16(17)22)21(27)30-12-15-11-19(26)25-14(3)7-6-10-18(25)23-15/h4-11,13,20,24H,12H2,1-3H3/t20-/m0/s1. The van der Waals surface area contributed by atoms with Crippen LogP contribution < -0.4 is 10.3 Å². The third-order valence-corrected chi connectivity index (χ3v) is 6.10. The van der Waals surface area contributed by atoms with E-state index in [0.29, 0.717) is 11.3 Å².